The van der Waals surface area contributed by atoms with E-state index in [2.05, 4.69) is 25.1 Å². The number of rotatable bonds is 7. The summed E-state index contributed by atoms with van der Waals surface area (Å²) < 4.78 is 5.94. The van der Waals surface area contributed by atoms with Crippen molar-refractivity contribution in [2.24, 2.45) is 11.1 Å². The second-order valence-corrected chi connectivity index (χ2v) is 6.19. The van der Waals surface area contributed by atoms with Gasteiger partial charge in [0.25, 0.3) is 0 Å². The Labute approximate surface area is 122 Å². The number of nitrogens with zero attached hydrogens (tertiary/aromatic N) is 1. The molecule has 0 saturated heterocycles. The molecule has 0 aliphatic carbocycles. The number of ether oxygens (including phenoxy) is 1. The average Bonchev–Trinajstić information content (AvgIpc) is 2.36. The quantitative estimate of drug-likeness (QED) is 0.773. The smallest absolute Gasteiger partial charge is 0.125 e. The molecule has 0 aliphatic rings. The highest BCUT2D eigenvalue weighted by molar-refractivity contribution is 5.41. The molecule has 20 heavy (non-hydrogen) atoms. The molecule has 0 radical (unpaired) electrons. The third-order valence-electron chi connectivity index (χ3n) is 3.33. The summed E-state index contributed by atoms with van der Waals surface area (Å²) in [6.07, 6.45) is 2.55. The molecule has 0 aliphatic heterocycles. The van der Waals surface area contributed by atoms with Crippen LogP contribution in [0.2, 0.25) is 0 Å². The van der Waals surface area contributed by atoms with Gasteiger partial charge in [-0.15, -0.1) is 0 Å². The molecular weight excluding hydrogens is 248 g/mol. The first kappa shape index (κ1) is 16.5. The van der Waals surface area contributed by atoms with Crippen LogP contribution >= 0.6 is 0 Å². The van der Waals surface area contributed by atoms with Gasteiger partial charge in [0.05, 0.1) is 18.1 Å². The van der Waals surface area contributed by atoms with Gasteiger partial charge in [-0.1, -0.05) is 18.2 Å². The summed E-state index contributed by atoms with van der Waals surface area (Å²) in [5, 5.41) is 8.99. The molecule has 0 fully saturated rings. The summed E-state index contributed by atoms with van der Waals surface area (Å²) in [6.45, 7) is 8.62. The maximum Gasteiger partial charge on any atom is 0.125 e. The van der Waals surface area contributed by atoms with Crippen molar-refractivity contribution in [2.45, 2.75) is 53.0 Å². The van der Waals surface area contributed by atoms with Crippen molar-refractivity contribution in [3.8, 4) is 11.8 Å². The Kier molecular flexibility index (Phi) is 6.04. The van der Waals surface area contributed by atoms with Gasteiger partial charge in [0.2, 0.25) is 0 Å². The molecule has 110 valence electrons. The number of nitrogens with two attached hydrogens (primary N) is 1. The molecule has 1 aromatic rings. The van der Waals surface area contributed by atoms with Gasteiger partial charge < -0.3 is 10.5 Å². The number of para-hydroxylation sites is 1. The second-order valence-electron chi connectivity index (χ2n) is 6.19. The summed E-state index contributed by atoms with van der Waals surface area (Å²) in [7, 11) is 0. The third kappa shape index (κ3) is 5.22. The Bertz CT molecular complexity index is 472. The molecule has 1 unspecified atom stereocenters. The summed E-state index contributed by atoms with van der Waals surface area (Å²) in [5.41, 5.74) is 7.92. The second kappa shape index (κ2) is 7.31. The average molecular weight is 274 g/mol. The van der Waals surface area contributed by atoms with E-state index in [4.69, 9.17) is 15.7 Å². The zero-order chi connectivity index (χ0) is 15.2. The highest BCUT2D eigenvalue weighted by Gasteiger charge is 2.16. The van der Waals surface area contributed by atoms with E-state index in [1.54, 1.807) is 0 Å². The molecule has 1 aromatic carbocycles. The molecule has 1 atom stereocenters. The van der Waals surface area contributed by atoms with Crippen molar-refractivity contribution < 1.29 is 4.74 Å². The van der Waals surface area contributed by atoms with Crippen molar-refractivity contribution in [1.29, 1.82) is 5.26 Å². The lowest BCUT2D eigenvalue weighted by Gasteiger charge is -2.18. The van der Waals surface area contributed by atoms with Crippen LogP contribution in [0.3, 0.4) is 0 Å². The van der Waals surface area contributed by atoms with Gasteiger partial charge in [0, 0.05) is 6.04 Å². The number of nitriles is 1. The van der Waals surface area contributed by atoms with Gasteiger partial charge >= 0.3 is 0 Å². The van der Waals surface area contributed by atoms with E-state index in [1.807, 2.05) is 26.8 Å². The molecule has 0 saturated carbocycles. The van der Waals surface area contributed by atoms with E-state index >= 15 is 0 Å². The molecule has 3 nitrogen and oxygen atoms in total. The molecule has 0 amide bonds. The van der Waals surface area contributed by atoms with Crippen molar-refractivity contribution in [2.75, 3.05) is 6.61 Å². The molecule has 3 heteroatoms. The maximum absolute atomic E-state index is 8.99. The lowest BCUT2D eigenvalue weighted by molar-refractivity contribution is 0.280. The van der Waals surface area contributed by atoms with Crippen LogP contribution in [0.4, 0.5) is 0 Å². The van der Waals surface area contributed by atoms with Gasteiger partial charge in [-0.2, -0.15) is 5.26 Å². The summed E-state index contributed by atoms with van der Waals surface area (Å²) in [6, 6.07) is 8.61. The van der Waals surface area contributed by atoms with Crippen LogP contribution in [0.15, 0.2) is 18.2 Å². The summed E-state index contributed by atoms with van der Waals surface area (Å²) >= 11 is 0. The molecular formula is C17H26N2O. The number of hydrogen-bond acceptors (Lipinski definition) is 3. The molecule has 0 heterocycles. The maximum atomic E-state index is 8.99. The minimum atomic E-state index is -0.274. The van der Waals surface area contributed by atoms with Gasteiger partial charge in [0.1, 0.15) is 5.75 Å². The van der Waals surface area contributed by atoms with Crippen molar-refractivity contribution >= 4 is 0 Å². The Hall–Kier alpha value is -1.53. The minimum absolute atomic E-state index is 0.122. The van der Waals surface area contributed by atoms with Crippen molar-refractivity contribution in [3.05, 3.63) is 29.3 Å². The Morgan fingerprint density at radius 2 is 2.10 bits per heavy atom. The van der Waals surface area contributed by atoms with Crippen LogP contribution < -0.4 is 10.5 Å². The summed E-state index contributed by atoms with van der Waals surface area (Å²) in [5.74, 6) is 0.958. The van der Waals surface area contributed by atoms with Crippen LogP contribution in [-0.2, 0) is 6.42 Å². The fourth-order valence-electron chi connectivity index (χ4n) is 2.17. The van der Waals surface area contributed by atoms with Gasteiger partial charge in [-0.3, -0.25) is 0 Å². The number of benzene rings is 1. The predicted octanol–water partition coefficient (Wildman–Crippen LogP) is 3.59. The first-order valence-corrected chi connectivity index (χ1v) is 7.24. The van der Waals surface area contributed by atoms with E-state index in [9.17, 15) is 0 Å². The van der Waals surface area contributed by atoms with Gasteiger partial charge in [0.15, 0.2) is 0 Å². The lowest BCUT2D eigenvalue weighted by atomic mass is 9.90. The third-order valence-corrected chi connectivity index (χ3v) is 3.33. The fraction of sp³-hybridized carbons (Fsp3) is 0.588. The highest BCUT2D eigenvalue weighted by atomic mass is 16.5. The Balaban J connectivity index is 2.61. The molecule has 0 bridgehead atoms. The van der Waals surface area contributed by atoms with Crippen LogP contribution in [0.25, 0.3) is 0 Å². The normalized spacial score (nSPS) is 12.8. The first-order valence-electron chi connectivity index (χ1n) is 7.24. The van der Waals surface area contributed by atoms with E-state index in [0.717, 1.165) is 30.6 Å². The highest BCUT2D eigenvalue weighted by Crippen LogP contribution is 2.26. The van der Waals surface area contributed by atoms with E-state index < -0.39 is 0 Å². The van der Waals surface area contributed by atoms with Crippen molar-refractivity contribution in [1.82, 2.24) is 0 Å². The predicted molar refractivity (Wildman–Crippen MR) is 82.7 cm³/mol. The van der Waals surface area contributed by atoms with Gasteiger partial charge in [-0.25, -0.2) is 0 Å². The molecule has 0 spiro atoms. The van der Waals surface area contributed by atoms with E-state index in [-0.39, 0.29) is 11.5 Å². The van der Waals surface area contributed by atoms with Gasteiger partial charge in [-0.05, 0) is 58.1 Å². The van der Waals surface area contributed by atoms with Crippen molar-refractivity contribution in [3.63, 3.8) is 0 Å². The number of aryl methyl sites for hydroxylation is 1. The first-order chi connectivity index (χ1) is 9.35. The minimum Gasteiger partial charge on any atom is -0.493 e. The molecule has 2 N–H and O–H groups in total. The molecule has 1 rings (SSSR count). The van der Waals surface area contributed by atoms with E-state index in [1.165, 1.54) is 5.56 Å². The standard InChI is InChI=1S/C17H26N2O/c1-13-7-5-8-15(11-14(2)19)16(13)20-10-6-9-17(3,4)12-18/h5,7-8,14H,6,9-11,19H2,1-4H3. The van der Waals surface area contributed by atoms with Crippen LogP contribution in [-0.4, -0.2) is 12.6 Å². The Morgan fingerprint density at radius 1 is 1.40 bits per heavy atom. The zero-order valence-corrected chi connectivity index (χ0v) is 13.1. The largest absolute Gasteiger partial charge is 0.493 e. The van der Waals surface area contributed by atoms with Crippen LogP contribution in [0.5, 0.6) is 5.75 Å². The SMILES string of the molecule is Cc1cccc(CC(C)N)c1OCCCC(C)(C)C#N. The Morgan fingerprint density at radius 3 is 2.70 bits per heavy atom. The van der Waals surface area contributed by atoms with Crippen LogP contribution in [0.1, 0.15) is 44.7 Å². The zero-order valence-electron chi connectivity index (χ0n) is 13.1. The van der Waals surface area contributed by atoms with E-state index in [0.29, 0.717) is 6.61 Å². The summed E-state index contributed by atoms with van der Waals surface area (Å²) in [4.78, 5) is 0. The van der Waals surface area contributed by atoms with Crippen LogP contribution in [0, 0.1) is 23.7 Å². The lowest BCUT2D eigenvalue weighted by Crippen LogP contribution is -2.18. The number of hydrogen-bond donors (Lipinski definition) is 1. The monoisotopic (exact) mass is 274 g/mol. The molecule has 0 aromatic heterocycles. The fourth-order valence-corrected chi connectivity index (χ4v) is 2.17. The topological polar surface area (TPSA) is 59.0 Å².